The van der Waals surface area contributed by atoms with E-state index in [1.165, 1.54) is 139 Å². The van der Waals surface area contributed by atoms with Gasteiger partial charge >= 0.3 is 0 Å². The van der Waals surface area contributed by atoms with Gasteiger partial charge in [0.25, 0.3) is 13.4 Å². The van der Waals surface area contributed by atoms with Crippen LogP contribution in [0.4, 0.5) is 68.2 Å². The molecule has 0 spiro atoms. The molecule has 0 radical (unpaired) electrons. The summed E-state index contributed by atoms with van der Waals surface area (Å²) in [5.41, 5.74) is 21.9. The standard InChI is InChI=1S/C46H20B2N4S5/c1-2-10-24-23(9-1)49-25-17-19-33-41-35(25)47(21-7-3-11-27-37(21)51(41)39-29(53-27)13-5-15-31(39)55-33)45-43(49)44-46(57-45)48-22-8-4-12-28-38(22)52-40-30(54-28)14-6-16-32(40)56-34-20-18-26(50(24)44)36(48)42(34)52/h1-20H. The van der Waals surface area contributed by atoms with E-state index >= 15 is 0 Å². The predicted molar refractivity (Wildman–Crippen MR) is 242 cm³/mol. The summed E-state index contributed by atoms with van der Waals surface area (Å²) >= 11 is 9.87. The lowest BCUT2D eigenvalue weighted by Gasteiger charge is -2.51. The lowest BCUT2D eigenvalue weighted by atomic mass is 9.35. The Balaban J connectivity index is 1.01. The summed E-state index contributed by atoms with van der Waals surface area (Å²) in [5, 5.41) is 0. The van der Waals surface area contributed by atoms with E-state index in [1.54, 1.807) is 0 Å². The van der Waals surface area contributed by atoms with Gasteiger partial charge in [-0.15, -0.1) is 0 Å². The average Bonchev–Trinajstić information content (AvgIpc) is 3.64. The van der Waals surface area contributed by atoms with Crippen molar-refractivity contribution in [3.8, 4) is 0 Å². The molecule has 9 aliphatic rings. The number of thiophene rings is 1. The first-order valence-corrected chi connectivity index (χ1v) is 23.4. The van der Waals surface area contributed by atoms with Crippen molar-refractivity contribution < 1.29 is 0 Å². The van der Waals surface area contributed by atoms with E-state index in [0.717, 1.165) is 0 Å². The summed E-state index contributed by atoms with van der Waals surface area (Å²) in [5.74, 6) is 0. The van der Waals surface area contributed by atoms with Crippen molar-refractivity contribution in [3.63, 3.8) is 0 Å². The fourth-order valence-corrected chi connectivity index (χ4v) is 17.7. The number of para-hydroxylation sites is 6. The van der Waals surface area contributed by atoms with E-state index in [-0.39, 0.29) is 13.4 Å². The van der Waals surface area contributed by atoms with Crippen LogP contribution in [0.25, 0.3) is 0 Å². The average molecular weight is 811 g/mol. The summed E-state index contributed by atoms with van der Waals surface area (Å²) in [6.45, 7) is 0.260. The van der Waals surface area contributed by atoms with Crippen molar-refractivity contribution in [3.05, 3.63) is 121 Å². The highest BCUT2D eigenvalue weighted by molar-refractivity contribution is 8.01. The Hall–Kier alpha value is -5.03. The van der Waals surface area contributed by atoms with Gasteiger partial charge in [0.05, 0.1) is 56.9 Å². The van der Waals surface area contributed by atoms with Crippen LogP contribution in [0.15, 0.2) is 160 Å². The van der Waals surface area contributed by atoms with Crippen LogP contribution in [-0.2, 0) is 0 Å². The quantitative estimate of drug-likeness (QED) is 0.139. The van der Waals surface area contributed by atoms with Gasteiger partial charge in [-0.25, -0.2) is 0 Å². The molecule has 1 aromatic heterocycles. The van der Waals surface area contributed by atoms with Crippen LogP contribution >= 0.6 is 58.4 Å². The molecule has 57 heavy (non-hydrogen) atoms. The second kappa shape index (κ2) is 9.46. The van der Waals surface area contributed by atoms with Crippen molar-refractivity contribution in [1.29, 1.82) is 0 Å². The Morgan fingerprint density at radius 1 is 0.298 bits per heavy atom. The molecule has 8 aromatic rings. The Morgan fingerprint density at radius 3 is 1.12 bits per heavy atom. The van der Waals surface area contributed by atoms with E-state index in [9.17, 15) is 0 Å². The lowest BCUT2D eigenvalue weighted by Crippen LogP contribution is -2.61. The highest BCUT2D eigenvalue weighted by Gasteiger charge is 2.56. The first-order valence-electron chi connectivity index (χ1n) is 19.3. The summed E-state index contributed by atoms with van der Waals surface area (Å²) in [6.07, 6.45) is 0. The molecule has 0 saturated heterocycles. The second-order valence-corrected chi connectivity index (χ2v) is 21.3. The number of hydrogen-bond donors (Lipinski definition) is 0. The highest BCUT2D eigenvalue weighted by atomic mass is 32.2. The van der Waals surface area contributed by atoms with Gasteiger partial charge in [-0.2, -0.15) is 11.3 Å². The molecule has 0 amide bonds. The van der Waals surface area contributed by atoms with Crippen molar-refractivity contribution in [2.24, 2.45) is 0 Å². The normalized spacial score (nSPS) is 16.6. The monoisotopic (exact) mass is 810 g/mol. The Kier molecular flexibility index (Phi) is 4.85. The van der Waals surface area contributed by atoms with Gasteiger partial charge in [-0.1, -0.05) is 95.6 Å². The summed E-state index contributed by atoms with van der Waals surface area (Å²) in [4.78, 5) is 21.4. The minimum Gasteiger partial charge on any atom is -0.307 e. The van der Waals surface area contributed by atoms with E-state index < -0.39 is 0 Å². The van der Waals surface area contributed by atoms with Crippen molar-refractivity contribution in [1.82, 2.24) is 0 Å². The Bertz CT molecular complexity index is 3150. The number of anilines is 12. The van der Waals surface area contributed by atoms with Gasteiger partial charge in [-0.05, 0) is 94.6 Å². The largest absolute Gasteiger partial charge is 0.307 e. The molecule has 0 unspecified atom stereocenters. The molecular weight excluding hydrogens is 790 g/mol. The van der Waals surface area contributed by atoms with Crippen LogP contribution in [-0.4, -0.2) is 13.4 Å². The van der Waals surface area contributed by atoms with Crippen molar-refractivity contribution >= 4 is 171 Å². The van der Waals surface area contributed by atoms with E-state index in [2.05, 4.69) is 152 Å². The maximum Gasteiger partial charge on any atom is 0.264 e. The minimum atomic E-state index is 0.130. The van der Waals surface area contributed by atoms with E-state index in [1.807, 2.05) is 47.0 Å². The van der Waals surface area contributed by atoms with E-state index in [4.69, 9.17) is 0 Å². The van der Waals surface area contributed by atoms with Crippen LogP contribution in [0, 0.1) is 0 Å². The van der Waals surface area contributed by atoms with Crippen molar-refractivity contribution in [2.45, 2.75) is 39.2 Å². The van der Waals surface area contributed by atoms with Gasteiger partial charge in [0, 0.05) is 60.1 Å². The second-order valence-electron chi connectivity index (χ2n) is 15.9. The van der Waals surface area contributed by atoms with Crippen LogP contribution in [0.5, 0.6) is 0 Å². The highest BCUT2D eigenvalue weighted by Crippen LogP contribution is 2.66. The molecule has 9 aliphatic heterocycles. The molecule has 0 fully saturated rings. The maximum absolute atomic E-state index is 2.66. The van der Waals surface area contributed by atoms with Crippen LogP contribution in [0.2, 0.25) is 0 Å². The molecule has 11 heteroatoms. The molecule has 0 aliphatic carbocycles. The fourth-order valence-electron chi connectivity index (χ4n) is 11.6. The predicted octanol–water partition coefficient (Wildman–Crippen LogP) is 10.1. The third kappa shape index (κ3) is 3.06. The number of nitrogens with zero attached hydrogens (tertiary/aromatic N) is 4. The molecule has 10 heterocycles. The minimum absolute atomic E-state index is 0.130. The number of rotatable bonds is 0. The lowest BCUT2D eigenvalue weighted by molar-refractivity contribution is 1.08. The molecular formula is C46H20B2N4S5. The van der Waals surface area contributed by atoms with Gasteiger partial charge in [-0.3, -0.25) is 0 Å². The van der Waals surface area contributed by atoms with Crippen molar-refractivity contribution in [2.75, 3.05) is 19.6 Å². The van der Waals surface area contributed by atoms with Crippen LogP contribution < -0.4 is 51.0 Å². The zero-order chi connectivity index (χ0) is 36.2. The first kappa shape index (κ1) is 29.2. The first-order chi connectivity index (χ1) is 28.3. The molecule has 260 valence electrons. The van der Waals surface area contributed by atoms with Crippen LogP contribution in [0.3, 0.4) is 0 Å². The van der Waals surface area contributed by atoms with Crippen LogP contribution in [0.1, 0.15) is 0 Å². The summed E-state index contributed by atoms with van der Waals surface area (Å²) < 4.78 is 2.94. The third-order valence-electron chi connectivity index (χ3n) is 13.4. The summed E-state index contributed by atoms with van der Waals surface area (Å²) in [6, 6.07) is 46.8. The summed E-state index contributed by atoms with van der Waals surface area (Å²) in [7, 11) is 0. The Labute approximate surface area is 349 Å². The number of hydrogen-bond acceptors (Lipinski definition) is 9. The molecule has 4 nitrogen and oxygen atoms in total. The molecule has 0 N–H and O–H groups in total. The zero-order valence-corrected chi connectivity index (χ0v) is 33.6. The topological polar surface area (TPSA) is 13.0 Å². The van der Waals surface area contributed by atoms with Gasteiger partial charge in [0.15, 0.2) is 0 Å². The number of fused-ring (bicyclic) bond motifs is 9. The Morgan fingerprint density at radius 2 is 0.684 bits per heavy atom. The third-order valence-corrected chi connectivity index (χ3v) is 19.1. The molecule has 17 rings (SSSR count). The molecule has 7 aromatic carbocycles. The molecule has 0 saturated carbocycles. The fraction of sp³-hybridized carbons (Fsp3) is 0. The zero-order valence-electron chi connectivity index (χ0n) is 29.5. The molecule has 0 bridgehead atoms. The van der Waals surface area contributed by atoms with Gasteiger partial charge in [0.2, 0.25) is 0 Å². The van der Waals surface area contributed by atoms with E-state index in [0.29, 0.717) is 0 Å². The maximum atomic E-state index is 2.66. The smallest absolute Gasteiger partial charge is 0.264 e. The van der Waals surface area contributed by atoms with Gasteiger partial charge in [0.1, 0.15) is 0 Å². The SMILES string of the molecule is c1cc2c3c(c1)Sc1ccc4c5c1N3c1c(cccc1B5c1sc3c5c1N4c1ccccc1N5c1ccc4c5c1B3c1cccc3c1N5c1c(cccc1S4)S3)S2. The number of benzene rings is 7. The molecule has 0 atom stereocenters. The van der Waals surface area contributed by atoms with Gasteiger partial charge < -0.3 is 19.6 Å².